The molecule has 0 aliphatic carbocycles. The Labute approximate surface area is 101 Å². The first-order chi connectivity index (χ1) is 6.13. The van der Waals surface area contributed by atoms with E-state index in [2.05, 4.69) is 53.1 Å². The van der Waals surface area contributed by atoms with E-state index in [1.807, 2.05) is 18.2 Å². The van der Waals surface area contributed by atoms with E-state index in [1.165, 1.54) is 0 Å². The minimum atomic E-state index is -0.0666. The molecule has 1 rings (SSSR count). The normalized spacial score (nSPS) is 9.77. The molecule has 70 valence electrons. The van der Waals surface area contributed by atoms with Gasteiger partial charge >= 0.3 is 0 Å². The molecule has 0 saturated carbocycles. The van der Waals surface area contributed by atoms with E-state index < -0.39 is 0 Å². The van der Waals surface area contributed by atoms with Crippen molar-refractivity contribution < 1.29 is 4.79 Å². The van der Waals surface area contributed by atoms with Gasteiger partial charge in [0, 0.05) is 8.95 Å². The van der Waals surface area contributed by atoms with Crippen LogP contribution in [-0.4, -0.2) is 11.2 Å². The molecule has 0 aromatic heterocycles. The maximum absolute atomic E-state index is 11.0. The topological polar surface area (TPSA) is 29.1 Å². The minimum Gasteiger partial charge on any atom is -0.324 e. The highest BCUT2D eigenvalue weighted by molar-refractivity contribution is 9.11. The molecule has 1 N–H and O–H groups in total. The van der Waals surface area contributed by atoms with Crippen molar-refractivity contribution in [3.05, 3.63) is 27.1 Å². The Morgan fingerprint density at radius 1 is 1.38 bits per heavy atom. The summed E-state index contributed by atoms with van der Waals surface area (Å²) in [5.41, 5.74) is 0.771. The molecule has 13 heavy (non-hydrogen) atoms. The zero-order chi connectivity index (χ0) is 9.84. The summed E-state index contributed by atoms with van der Waals surface area (Å²) < 4.78 is 1.83. The largest absolute Gasteiger partial charge is 0.324 e. The lowest BCUT2D eigenvalue weighted by molar-refractivity contribution is -0.113. The Morgan fingerprint density at radius 3 is 2.62 bits per heavy atom. The van der Waals surface area contributed by atoms with Crippen molar-refractivity contribution in [2.45, 2.75) is 0 Å². The molecule has 0 fully saturated rings. The summed E-state index contributed by atoms with van der Waals surface area (Å²) in [6.07, 6.45) is 0. The Bertz CT molecular complexity index is 327. The molecular formula is C8H6Br3NO. The van der Waals surface area contributed by atoms with Gasteiger partial charge in [-0.3, -0.25) is 4.79 Å². The lowest BCUT2D eigenvalue weighted by atomic mass is 10.3. The summed E-state index contributed by atoms with van der Waals surface area (Å²) in [7, 11) is 0. The first kappa shape index (κ1) is 11.2. The van der Waals surface area contributed by atoms with Crippen molar-refractivity contribution in [3.63, 3.8) is 0 Å². The average Bonchev–Trinajstić information content (AvgIpc) is 2.09. The third-order valence-corrected chi connectivity index (χ3v) is 2.99. The van der Waals surface area contributed by atoms with E-state index in [4.69, 9.17) is 0 Å². The predicted molar refractivity (Wildman–Crippen MR) is 64.3 cm³/mol. The van der Waals surface area contributed by atoms with Crippen molar-refractivity contribution in [1.29, 1.82) is 0 Å². The van der Waals surface area contributed by atoms with Crippen LogP contribution in [0.5, 0.6) is 0 Å². The zero-order valence-corrected chi connectivity index (χ0v) is 11.2. The third kappa shape index (κ3) is 3.40. The first-order valence-electron chi connectivity index (χ1n) is 3.44. The molecule has 0 bridgehead atoms. The fourth-order valence-electron chi connectivity index (χ4n) is 0.774. The number of benzene rings is 1. The monoisotopic (exact) mass is 369 g/mol. The number of anilines is 1. The van der Waals surface area contributed by atoms with Gasteiger partial charge in [0.2, 0.25) is 5.91 Å². The van der Waals surface area contributed by atoms with E-state index in [1.54, 1.807) is 0 Å². The maximum atomic E-state index is 11.0. The number of nitrogens with one attached hydrogen (secondary N) is 1. The molecule has 0 unspecified atom stereocenters. The number of carbonyl (C=O) groups excluding carboxylic acids is 1. The van der Waals surface area contributed by atoms with Gasteiger partial charge in [0.1, 0.15) is 0 Å². The van der Waals surface area contributed by atoms with Crippen molar-refractivity contribution in [3.8, 4) is 0 Å². The summed E-state index contributed by atoms with van der Waals surface area (Å²) >= 11 is 9.75. The lowest BCUT2D eigenvalue weighted by Gasteiger charge is -2.05. The van der Waals surface area contributed by atoms with Crippen molar-refractivity contribution >= 4 is 59.4 Å². The summed E-state index contributed by atoms with van der Waals surface area (Å²) in [6.45, 7) is 0. The van der Waals surface area contributed by atoms with E-state index in [0.29, 0.717) is 5.33 Å². The number of carbonyl (C=O) groups is 1. The SMILES string of the molecule is O=C(CBr)Nc1ccc(Br)cc1Br. The van der Waals surface area contributed by atoms with E-state index in [-0.39, 0.29) is 5.91 Å². The molecule has 0 radical (unpaired) electrons. The highest BCUT2D eigenvalue weighted by Crippen LogP contribution is 2.25. The summed E-state index contributed by atoms with van der Waals surface area (Å²) in [6, 6.07) is 5.58. The van der Waals surface area contributed by atoms with Gasteiger partial charge in [-0.15, -0.1) is 0 Å². The van der Waals surface area contributed by atoms with Crippen LogP contribution in [0.1, 0.15) is 0 Å². The molecule has 0 aliphatic heterocycles. The summed E-state index contributed by atoms with van der Waals surface area (Å²) in [4.78, 5) is 11.0. The van der Waals surface area contributed by atoms with Gasteiger partial charge in [0.25, 0.3) is 0 Å². The van der Waals surface area contributed by atoms with Gasteiger partial charge in [-0.25, -0.2) is 0 Å². The van der Waals surface area contributed by atoms with Crippen molar-refractivity contribution in [1.82, 2.24) is 0 Å². The van der Waals surface area contributed by atoms with Crippen LogP contribution >= 0.6 is 47.8 Å². The fraction of sp³-hybridized carbons (Fsp3) is 0.125. The molecule has 5 heteroatoms. The van der Waals surface area contributed by atoms with Crippen LogP contribution in [0.3, 0.4) is 0 Å². The number of alkyl halides is 1. The van der Waals surface area contributed by atoms with Crippen LogP contribution in [0.2, 0.25) is 0 Å². The van der Waals surface area contributed by atoms with E-state index in [0.717, 1.165) is 14.6 Å². The Hall–Kier alpha value is 0.130. The number of halogens is 3. The Balaban J connectivity index is 2.83. The lowest BCUT2D eigenvalue weighted by Crippen LogP contribution is -2.12. The van der Waals surface area contributed by atoms with Gasteiger partial charge in [-0.05, 0) is 34.1 Å². The molecule has 1 aromatic rings. The summed E-state index contributed by atoms with van der Waals surface area (Å²) in [5.74, 6) is -0.0666. The molecule has 0 saturated heterocycles. The Kier molecular flexibility index (Phi) is 4.41. The number of rotatable bonds is 2. The fourth-order valence-corrected chi connectivity index (χ4v) is 2.06. The molecule has 0 atom stereocenters. The number of hydrogen-bond acceptors (Lipinski definition) is 1. The molecule has 1 aromatic carbocycles. The van der Waals surface area contributed by atoms with E-state index in [9.17, 15) is 4.79 Å². The highest BCUT2D eigenvalue weighted by atomic mass is 79.9. The second-order valence-electron chi connectivity index (χ2n) is 2.31. The van der Waals surface area contributed by atoms with Gasteiger partial charge < -0.3 is 5.32 Å². The quantitative estimate of drug-likeness (QED) is 0.791. The van der Waals surface area contributed by atoms with Crippen LogP contribution in [0.4, 0.5) is 5.69 Å². The maximum Gasteiger partial charge on any atom is 0.235 e. The van der Waals surface area contributed by atoms with Gasteiger partial charge in [-0.2, -0.15) is 0 Å². The van der Waals surface area contributed by atoms with Crippen LogP contribution in [0, 0.1) is 0 Å². The molecular weight excluding hydrogens is 366 g/mol. The van der Waals surface area contributed by atoms with E-state index >= 15 is 0 Å². The highest BCUT2D eigenvalue weighted by Gasteiger charge is 2.03. The van der Waals surface area contributed by atoms with Crippen LogP contribution in [0.25, 0.3) is 0 Å². The van der Waals surface area contributed by atoms with Gasteiger partial charge in [0.15, 0.2) is 0 Å². The smallest absolute Gasteiger partial charge is 0.235 e. The average molecular weight is 372 g/mol. The third-order valence-electron chi connectivity index (χ3n) is 1.33. The molecule has 0 heterocycles. The molecule has 0 aliphatic rings. The standard InChI is InChI=1S/C8H6Br3NO/c9-4-8(13)12-7-2-1-5(10)3-6(7)11/h1-3H,4H2,(H,12,13). The predicted octanol–water partition coefficient (Wildman–Crippen LogP) is 3.55. The van der Waals surface area contributed by atoms with Crippen molar-refractivity contribution in [2.24, 2.45) is 0 Å². The Morgan fingerprint density at radius 2 is 2.08 bits per heavy atom. The number of amides is 1. The molecule has 1 amide bonds. The zero-order valence-electron chi connectivity index (χ0n) is 6.48. The summed E-state index contributed by atoms with van der Waals surface area (Å²) in [5, 5.41) is 3.03. The van der Waals surface area contributed by atoms with Gasteiger partial charge in [0.05, 0.1) is 11.0 Å². The van der Waals surface area contributed by atoms with Gasteiger partial charge in [-0.1, -0.05) is 31.9 Å². The second-order valence-corrected chi connectivity index (χ2v) is 4.64. The second kappa shape index (κ2) is 5.12. The first-order valence-corrected chi connectivity index (χ1v) is 6.15. The van der Waals surface area contributed by atoms with Crippen molar-refractivity contribution in [2.75, 3.05) is 10.6 Å². The molecule has 0 spiro atoms. The number of hydrogen-bond donors (Lipinski definition) is 1. The van der Waals surface area contributed by atoms with Crippen LogP contribution in [-0.2, 0) is 4.79 Å². The van der Waals surface area contributed by atoms with Crippen LogP contribution < -0.4 is 5.32 Å². The molecule has 2 nitrogen and oxygen atoms in total. The van der Waals surface area contributed by atoms with Crippen LogP contribution in [0.15, 0.2) is 27.1 Å². The minimum absolute atomic E-state index is 0.0666.